The summed E-state index contributed by atoms with van der Waals surface area (Å²) >= 11 is 8.80. The monoisotopic (exact) mass is 230 g/mol. The van der Waals surface area contributed by atoms with E-state index in [2.05, 4.69) is 15.9 Å². The zero-order chi connectivity index (χ0) is 7.82. The van der Waals surface area contributed by atoms with Crippen molar-refractivity contribution in [2.45, 2.75) is 13.0 Å². The van der Waals surface area contributed by atoms with Crippen molar-refractivity contribution >= 4 is 27.5 Å². The highest BCUT2D eigenvalue weighted by Crippen LogP contribution is 1.99. The Labute approximate surface area is 75.0 Å². The summed E-state index contributed by atoms with van der Waals surface area (Å²) in [7, 11) is 0. The van der Waals surface area contributed by atoms with E-state index in [1.54, 1.807) is 0 Å². The molecule has 2 nitrogen and oxygen atoms in total. The molecule has 0 rings (SSSR count). The van der Waals surface area contributed by atoms with Crippen molar-refractivity contribution in [3.8, 4) is 0 Å². The normalized spacial score (nSPS) is 13.5. The summed E-state index contributed by atoms with van der Waals surface area (Å²) in [5.41, 5.74) is 0. The van der Waals surface area contributed by atoms with Gasteiger partial charge >= 0.3 is 0 Å². The van der Waals surface area contributed by atoms with Gasteiger partial charge in [-0.05, 0) is 6.92 Å². The van der Waals surface area contributed by atoms with Gasteiger partial charge in [-0.15, -0.1) is 11.6 Å². The molecule has 0 aliphatic rings. The molecule has 62 valence electrons. The Bertz CT molecular complexity index is 68.8. The van der Waals surface area contributed by atoms with Crippen molar-refractivity contribution < 1.29 is 9.47 Å². The Kier molecular flexibility index (Phi) is 8.33. The second kappa shape index (κ2) is 7.79. The fourth-order valence-electron chi connectivity index (χ4n) is 0.358. The molecule has 0 amide bonds. The average molecular weight is 232 g/mol. The number of rotatable bonds is 6. The number of hydrogen-bond donors (Lipinski definition) is 0. The lowest BCUT2D eigenvalue weighted by molar-refractivity contribution is -0.0718. The van der Waals surface area contributed by atoms with Crippen LogP contribution in [0.1, 0.15) is 6.92 Å². The van der Waals surface area contributed by atoms with Crippen molar-refractivity contribution in [2.24, 2.45) is 0 Å². The first-order valence-corrected chi connectivity index (χ1v) is 4.82. The van der Waals surface area contributed by atoms with Crippen LogP contribution in [0.15, 0.2) is 0 Å². The van der Waals surface area contributed by atoms with Gasteiger partial charge in [0, 0.05) is 17.8 Å². The molecule has 1 atom stereocenters. The maximum atomic E-state index is 5.54. The molecule has 0 bridgehead atoms. The minimum atomic E-state index is 0.0632. The Hall–Kier alpha value is 0.690. The van der Waals surface area contributed by atoms with Gasteiger partial charge in [0.1, 0.15) is 6.79 Å². The number of ether oxygens (including phenoxy) is 2. The van der Waals surface area contributed by atoms with E-state index in [1.165, 1.54) is 0 Å². The zero-order valence-corrected chi connectivity index (χ0v) is 8.32. The minimum absolute atomic E-state index is 0.0632. The third-order valence-electron chi connectivity index (χ3n) is 0.935. The van der Waals surface area contributed by atoms with E-state index in [9.17, 15) is 0 Å². The van der Waals surface area contributed by atoms with Crippen molar-refractivity contribution in [1.29, 1.82) is 0 Å². The summed E-state index contributed by atoms with van der Waals surface area (Å²) in [6.45, 7) is 2.93. The molecular formula is C6H12BrClO2. The molecule has 0 saturated carbocycles. The topological polar surface area (TPSA) is 18.5 Å². The molecule has 1 unspecified atom stereocenters. The van der Waals surface area contributed by atoms with Crippen LogP contribution in [0.3, 0.4) is 0 Å². The van der Waals surface area contributed by atoms with Crippen molar-refractivity contribution in [1.82, 2.24) is 0 Å². The summed E-state index contributed by atoms with van der Waals surface area (Å²) in [5, 5.41) is 0.754. The summed E-state index contributed by atoms with van der Waals surface area (Å²) in [4.78, 5) is 0. The lowest BCUT2D eigenvalue weighted by atomic mass is 10.5. The second-order valence-corrected chi connectivity index (χ2v) is 2.66. The molecule has 0 aromatic rings. The van der Waals surface area contributed by atoms with Gasteiger partial charge in [-0.1, -0.05) is 15.9 Å². The molecule has 10 heavy (non-hydrogen) atoms. The van der Waals surface area contributed by atoms with Gasteiger partial charge in [0.2, 0.25) is 0 Å². The third kappa shape index (κ3) is 5.47. The highest BCUT2D eigenvalue weighted by atomic mass is 79.9. The molecule has 0 saturated heterocycles. The molecule has 0 aliphatic heterocycles. The Morgan fingerprint density at radius 1 is 1.60 bits per heavy atom. The van der Waals surface area contributed by atoms with Crippen LogP contribution in [-0.2, 0) is 9.47 Å². The fraction of sp³-hybridized carbons (Fsp3) is 1.00. The molecule has 0 aromatic heterocycles. The highest BCUT2D eigenvalue weighted by molar-refractivity contribution is 9.09. The van der Waals surface area contributed by atoms with E-state index in [0.29, 0.717) is 19.3 Å². The van der Waals surface area contributed by atoms with E-state index in [0.717, 1.165) is 5.33 Å². The first-order chi connectivity index (χ1) is 4.85. The molecule has 0 heterocycles. The van der Waals surface area contributed by atoms with Crippen LogP contribution >= 0.6 is 27.5 Å². The lowest BCUT2D eigenvalue weighted by Crippen LogP contribution is -2.18. The van der Waals surface area contributed by atoms with Crippen molar-refractivity contribution in [3.63, 3.8) is 0 Å². The standard InChI is InChI=1S/C6H12BrClO2/c1-2-9-5-10-6(3-7)4-8/h6H,2-5H2,1H3. The number of hydrogen-bond acceptors (Lipinski definition) is 2. The molecule has 0 spiro atoms. The summed E-state index contributed by atoms with van der Waals surface area (Å²) in [6.07, 6.45) is 0.0632. The van der Waals surface area contributed by atoms with Crippen LogP contribution in [0.5, 0.6) is 0 Å². The first-order valence-electron chi connectivity index (χ1n) is 3.16. The van der Waals surface area contributed by atoms with Gasteiger partial charge in [-0.3, -0.25) is 0 Å². The van der Waals surface area contributed by atoms with Gasteiger partial charge in [0.05, 0.1) is 6.10 Å². The quantitative estimate of drug-likeness (QED) is 0.395. The van der Waals surface area contributed by atoms with E-state index in [-0.39, 0.29) is 6.10 Å². The Morgan fingerprint density at radius 3 is 2.70 bits per heavy atom. The van der Waals surface area contributed by atoms with Gasteiger partial charge in [0.15, 0.2) is 0 Å². The predicted octanol–water partition coefficient (Wildman–Crippen LogP) is 2.00. The maximum absolute atomic E-state index is 5.54. The van der Waals surface area contributed by atoms with E-state index >= 15 is 0 Å². The van der Waals surface area contributed by atoms with Gasteiger partial charge in [-0.25, -0.2) is 0 Å². The third-order valence-corrected chi connectivity index (χ3v) is 2.00. The first kappa shape index (κ1) is 10.7. The van der Waals surface area contributed by atoms with E-state index in [1.807, 2.05) is 6.92 Å². The fourth-order valence-corrected chi connectivity index (χ4v) is 1.24. The van der Waals surface area contributed by atoms with Crippen LogP contribution in [0, 0.1) is 0 Å². The molecular weight excluding hydrogens is 219 g/mol. The SMILES string of the molecule is CCOCOC(CCl)CBr. The predicted molar refractivity (Wildman–Crippen MR) is 45.9 cm³/mol. The van der Waals surface area contributed by atoms with Crippen LogP contribution in [0.4, 0.5) is 0 Å². The molecule has 0 N–H and O–H groups in total. The van der Waals surface area contributed by atoms with Crippen molar-refractivity contribution in [2.75, 3.05) is 24.6 Å². The molecule has 0 aliphatic carbocycles. The second-order valence-electron chi connectivity index (χ2n) is 1.71. The van der Waals surface area contributed by atoms with E-state index in [4.69, 9.17) is 21.1 Å². The Morgan fingerprint density at radius 2 is 2.30 bits per heavy atom. The number of halogens is 2. The van der Waals surface area contributed by atoms with Crippen LogP contribution < -0.4 is 0 Å². The average Bonchev–Trinajstić information content (AvgIpc) is 1.99. The lowest BCUT2D eigenvalue weighted by Gasteiger charge is -2.10. The molecule has 4 heteroatoms. The summed E-state index contributed by atoms with van der Waals surface area (Å²) < 4.78 is 10.1. The minimum Gasteiger partial charge on any atom is -0.356 e. The molecule has 0 fully saturated rings. The van der Waals surface area contributed by atoms with Gasteiger partial charge < -0.3 is 9.47 Å². The van der Waals surface area contributed by atoms with Gasteiger partial charge in [0.25, 0.3) is 0 Å². The van der Waals surface area contributed by atoms with Crippen LogP contribution in [-0.4, -0.2) is 30.7 Å². The summed E-state index contributed by atoms with van der Waals surface area (Å²) in [5.74, 6) is 0.498. The zero-order valence-electron chi connectivity index (χ0n) is 5.98. The Balaban J connectivity index is 3.09. The smallest absolute Gasteiger partial charge is 0.147 e. The summed E-state index contributed by atoms with van der Waals surface area (Å²) in [6, 6.07) is 0. The maximum Gasteiger partial charge on any atom is 0.147 e. The van der Waals surface area contributed by atoms with Gasteiger partial charge in [-0.2, -0.15) is 0 Å². The largest absolute Gasteiger partial charge is 0.356 e. The van der Waals surface area contributed by atoms with E-state index < -0.39 is 0 Å². The molecule has 0 radical (unpaired) electrons. The number of alkyl halides is 2. The van der Waals surface area contributed by atoms with Crippen molar-refractivity contribution in [3.05, 3.63) is 0 Å². The van der Waals surface area contributed by atoms with Crippen LogP contribution in [0.25, 0.3) is 0 Å². The van der Waals surface area contributed by atoms with Crippen LogP contribution in [0.2, 0.25) is 0 Å². The highest BCUT2D eigenvalue weighted by Gasteiger charge is 2.03. The molecule has 0 aromatic carbocycles.